The molecule has 0 amide bonds. The van der Waals surface area contributed by atoms with Crippen LogP contribution in [0.2, 0.25) is 0 Å². The van der Waals surface area contributed by atoms with Gasteiger partial charge in [-0.2, -0.15) is 0 Å². The lowest BCUT2D eigenvalue weighted by atomic mass is 9.95. The van der Waals surface area contributed by atoms with Gasteiger partial charge in [0.1, 0.15) is 0 Å². The molecule has 55 heavy (non-hydrogen) atoms. The van der Waals surface area contributed by atoms with Crippen LogP contribution in [0.4, 0.5) is 0 Å². The molecule has 0 aliphatic heterocycles. The Morgan fingerprint density at radius 1 is 0.309 bits per heavy atom. The van der Waals surface area contributed by atoms with Crippen molar-refractivity contribution in [2.45, 2.75) is 6.92 Å². The smallest absolute Gasteiger partial charge is 0.0978 e. The molecule has 0 saturated carbocycles. The Morgan fingerprint density at radius 2 is 0.800 bits per heavy atom. The van der Waals surface area contributed by atoms with Crippen LogP contribution in [-0.4, -0.2) is 19.9 Å². The van der Waals surface area contributed by atoms with Crippen molar-refractivity contribution in [3.8, 4) is 44.9 Å². The minimum absolute atomic E-state index is 0.865. The minimum Gasteiger partial charge on any atom is -0.251 e. The quantitative estimate of drug-likeness (QED) is 0.135. The van der Waals surface area contributed by atoms with Crippen LogP contribution in [0.5, 0.6) is 0 Å². The van der Waals surface area contributed by atoms with E-state index in [-0.39, 0.29) is 0 Å². The highest BCUT2D eigenvalue weighted by molar-refractivity contribution is 6.11. The largest absolute Gasteiger partial charge is 0.251 e. The van der Waals surface area contributed by atoms with E-state index in [0.29, 0.717) is 0 Å². The zero-order chi connectivity index (χ0) is 36.5. The molecule has 4 heterocycles. The fourth-order valence-corrected chi connectivity index (χ4v) is 8.00. The average Bonchev–Trinajstić information content (AvgIpc) is 3.24. The Bertz CT molecular complexity index is 3200. The maximum Gasteiger partial charge on any atom is 0.0978 e. The number of rotatable bonds is 4. The van der Waals surface area contributed by atoms with E-state index in [1.54, 1.807) is 0 Å². The van der Waals surface area contributed by atoms with E-state index in [4.69, 9.17) is 19.9 Å². The van der Waals surface area contributed by atoms with E-state index >= 15 is 0 Å². The third kappa shape index (κ3) is 5.46. The van der Waals surface area contributed by atoms with E-state index < -0.39 is 0 Å². The van der Waals surface area contributed by atoms with Crippen LogP contribution >= 0.6 is 0 Å². The summed E-state index contributed by atoms with van der Waals surface area (Å²) >= 11 is 0. The second-order valence-corrected chi connectivity index (χ2v) is 14.4. The zero-order valence-electron chi connectivity index (χ0n) is 30.0. The highest BCUT2D eigenvalue weighted by atomic mass is 14.8. The van der Waals surface area contributed by atoms with Crippen molar-refractivity contribution in [1.29, 1.82) is 0 Å². The summed E-state index contributed by atoms with van der Waals surface area (Å²) in [5.41, 5.74) is 12.6. The van der Waals surface area contributed by atoms with Crippen LogP contribution in [-0.2, 0) is 0 Å². The second-order valence-electron chi connectivity index (χ2n) is 14.4. The zero-order valence-corrected chi connectivity index (χ0v) is 30.0. The number of hydrogen-bond acceptors (Lipinski definition) is 4. The van der Waals surface area contributed by atoms with Gasteiger partial charge in [-0.05, 0) is 118 Å². The predicted octanol–water partition coefficient (Wildman–Crippen LogP) is 13.2. The first-order chi connectivity index (χ1) is 27.1. The molecule has 4 nitrogen and oxygen atoms in total. The molecule has 0 atom stereocenters. The number of aromatic nitrogens is 4. The first kappa shape index (κ1) is 31.2. The van der Waals surface area contributed by atoms with Crippen LogP contribution in [0.15, 0.2) is 176 Å². The van der Waals surface area contributed by atoms with Gasteiger partial charge >= 0.3 is 0 Å². The molecule has 0 aliphatic carbocycles. The lowest BCUT2D eigenvalue weighted by molar-refractivity contribution is 1.25. The maximum atomic E-state index is 5.44. The van der Waals surface area contributed by atoms with Gasteiger partial charge in [0, 0.05) is 43.9 Å². The van der Waals surface area contributed by atoms with E-state index in [1.165, 1.54) is 21.5 Å². The molecule has 0 aliphatic rings. The third-order valence-electron chi connectivity index (χ3n) is 10.8. The molecule has 0 fully saturated rings. The summed E-state index contributed by atoms with van der Waals surface area (Å²) in [5.74, 6) is 0. The van der Waals surface area contributed by atoms with Crippen LogP contribution in [0.1, 0.15) is 5.69 Å². The predicted molar refractivity (Wildman–Crippen MR) is 229 cm³/mol. The van der Waals surface area contributed by atoms with Crippen LogP contribution in [0.3, 0.4) is 0 Å². The van der Waals surface area contributed by atoms with Crippen molar-refractivity contribution >= 4 is 65.2 Å². The van der Waals surface area contributed by atoms with E-state index in [0.717, 1.165) is 94.2 Å². The standard InChI is InChI=1S/C51H32N4/c1-31-15-16-39-28-44(32-9-3-2-4-10-32)43-19-22-47(55-51(43)50(39)52-31)42-26-40(45-20-17-37-23-33-11-5-7-13-35(33)29-48(37)53-45)25-41(27-42)46-21-18-38-24-34-12-6-8-14-36(34)30-49(38)54-46/h2-30H,1H3. The van der Waals surface area contributed by atoms with Gasteiger partial charge < -0.3 is 0 Å². The summed E-state index contributed by atoms with van der Waals surface area (Å²) in [4.78, 5) is 20.9. The van der Waals surface area contributed by atoms with Crippen molar-refractivity contribution < 1.29 is 0 Å². The lowest BCUT2D eigenvalue weighted by Gasteiger charge is -2.14. The lowest BCUT2D eigenvalue weighted by Crippen LogP contribution is -1.95. The highest BCUT2D eigenvalue weighted by Gasteiger charge is 2.16. The van der Waals surface area contributed by atoms with Crippen molar-refractivity contribution in [3.05, 3.63) is 182 Å². The van der Waals surface area contributed by atoms with Gasteiger partial charge in [-0.15, -0.1) is 0 Å². The molecule has 0 unspecified atom stereocenters. The molecule has 0 N–H and O–H groups in total. The molecular weight excluding hydrogens is 669 g/mol. The monoisotopic (exact) mass is 700 g/mol. The van der Waals surface area contributed by atoms with E-state index in [1.807, 2.05) is 6.92 Å². The molecule has 4 heteroatoms. The molecule has 0 bridgehead atoms. The fourth-order valence-electron chi connectivity index (χ4n) is 8.00. The van der Waals surface area contributed by atoms with Crippen molar-refractivity contribution in [3.63, 3.8) is 0 Å². The third-order valence-corrected chi connectivity index (χ3v) is 10.8. The topological polar surface area (TPSA) is 51.6 Å². The van der Waals surface area contributed by atoms with Crippen molar-refractivity contribution in [2.75, 3.05) is 0 Å². The SMILES string of the molecule is Cc1ccc2cc(-c3ccccc3)c3ccc(-c4cc(-c5ccc6cc7ccccc7cc6n5)cc(-c5ccc6cc7ccccc7cc6n5)c4)nc3c2n1. The average molecular weight is 701 g/mol. The Labute approximate surface area is 317 Å². The molecule has 0 spiro atoms. The Kier molecular flexibility index (Phi) is 7.04. The van der Waals surface area contributed by atoms with E-state index in [9.17, 15) is 0 Å². The van der Waals surface area contributed by atoms with Gasteiger partial charge in [-0.3, -0.25) is 4.98 Å². The number of nitrogens with zero attached hydrogens (tertiary/aromatic N) is 4. The van der Waals surface area contributed by atoms with Crippen molar-refractivity contribution in [2.24, 2.45) is 0 Å². The molecule has 256 valence electrons. The van der Waals surface area contributed by atoms with Crippen molar-refractivity contribution in [1.82, 2.24) is 19.9 Å². The number of hydrogen-bond donors (Lipinski definition) is 0. The summed E-state index contributed by atoms with van der Waals surface area (Å²) in [7, 11) is 0. The number of aryl methyl sites for hydroxylation is 1. The van der Waals surface area contributed by atoms with Crippen LogP contribution < -0.4 is 0 Å². The van der Waals surface area contributed by atoms with Gasteiger partial charge in [0.05, 0.1) is 39.1 Å². The van der Waals surface area contributed by atoms with Gasteiger partial charge in [-0.1, -0.05) is 97.1 Å². The summed E-state index contributed by atoms with van der Waals surface area (Å²) in [6.45, 7) is 2.04. The first-order valence-electron chi connectivity index (χ1n) is 18.6. The van der Waals surface area contributed by atoms with Crippen LogP contribution in [0.25, 0.3) is 110 Å². The Balaban J connectivity index is 1.14. The summed E-state index contributed by atoms with van der Waals surface area (Å²) in [5, 5.41) is 9.13. The summed E-state index contributed by atoms with van der Waals surface area (Å²) in [6.07, 6.45) is 0. The highest BCUT2D eigenvalue weighted by Crippen LogP contribution is 2.38. The normalized spacial score (nSPS) is 11.7. The molecule has 11 rings (SSSR count). The fraction of sp³-hybridized carbons (Fsp3) is 0.0196. The van der Waals surface area contributed by atoms with Gasteiger partial charge in [0.15, 0.2) is 0 Å². The Morgan fingerprint density at radius 3 is 1.38 bits per heavy atom. The molecule has 7 aromatic carbocycles. The second kappa shape index (κ2) is 12.4. The summed E-state index contributed by atoms with van der Waals surface area (Å²) < 4.78 is 0. The number of fused-ring (bicyclic) bond motifs is 7. The molecule has 11 aromatic rings. The van der Waals surface area contributed by atoms with Gasteiger partial charge in [0.2, 0.25) is 0 Å². The molecular formula is C51H32N4. The molecule has 0 saturated heterocycles. The van der Waals surface area contributed by atoms with Gasteiger partial charge in [-0.25, -0.2) is 15.0 Å². The Hall–Kier alpha value is -7.30. The minimum atomic E-state index is 0.865. The number of pyridine rings is 4. The number of benzene rings is 7. The molecule has 0 radical (unpaired) electrons. The summed E-state index contributed by atoms with van der Waals surface area (Å²) in [6, 6.07) is 62.3. The van der Waals surface area contributed by atoms with E-state index in [2.05, 4.69) is 176 Å². The first-order valence-corrected chi connectivity index (χ1v) is 18.6. The van der Waals surface area contributed by atoms with Gasteiger partial charge in [0.25, 0.3) is 0 Å². The maximum absolute atomic E-state index is 5.44. The van der Waals surface area contributed by atoms with Crippen LogP contribution in [0, 0.1) is 6.92 Å². The molecule has 4 aromatic heterocycles.